The molecule has 0 saturated carbocycles. The second-order valence-corrected chi connectivity index (χ2v) is 9.85. The topological polar surface area (TPSA) is 81.8 Å². The van der Waals surface area contributed by atoms with E-state index in [1.165, 1.54) is 31.0 Å². The van der Waals surface area contributed by atoms with Crippen molar-refractivity contribution in [1.29, 1.82) is 0 Å². The van der Waals surface area contributed by atoms with Crippen molar-refractivity contribution < 1.29 is 14.4 Å². The molecule has 3 aromatic carbocycles. The van der Waals surface area contributed by atoms with Gasteiger partial charge in [0.25, 0.3) is 17.7 Å². The molecule has 0 radical (unpaired) electrons. The fourth-order valence-electron chi connectivity index (χ4n) is 4.28. The number of benzene rings is 3. The van der Waals surface area contributed by atoms with Gasteiger partial charge < -0.3 is 15.5 Å². The Hall–Kier alpha value is -3.52. The number of carbonyl (C=O) groups excluding carboxylic acids is 3. The van der Waals surface area contributed by atoms with E-state index in [1.54, 1.807) is 24.3 Å². The highest BCUT2D eigenvalue weighted by Gasteiger charge is 2.39. The van der Waals surface area contributed by atoms with Crippen molar-refractivity contribution in [3.05, 3.63) is 93.1 Å². The van der Waals surface area contributed by atoms with Gasteiger partial charge in [-0.1, -0.05) is 34.8 Å². The Morgan fingerprint density at radius 1 is 0.784 bits per heavy atom. The van der Waals surface area contributed by atoms with Crippen LogP contribution in [0.3, 0.4) is 0 Å². The Balaban J connectivity index is 1.25. The lowest BCUT2D eigenvalue weighted by Crippen LogP contribution is -2.32. The third kappa shape index (κ3) is 5.16. The van der Waals surface area contributed by atoms with Crippen molar-refractivity contribution in [2.75, 3.05) is 33.5 Å². The zero-order valence-electron chi connectivity index (χ0n) is 19.4. The minimum Gasteiger partial charge on any atom is -0.372 e. The number of carbonyl (C=O) groups is 3. The summed E-state index contributed by atoms with van der Waals surface area (Å²) in [5, 5.41) is 6.01. The summed E-state index contributed by atoms with van der Waals surface area (Å²) >= 11 is 18.3. The van der Waals surface area contributed by atoms with E-state index in [2.05, 4.69) is 15.5 Å². The molecule has 3 amide bonds. The van der Waals surface area contributed by atoms with Gasteiger partial charge >= 0.3 is 0 Å². The maximum absolute atomic E-state index is 13.0. The maximum Gasteiger partial charge on any atom is 0.283 e. The zero-order valence-corrected chi connectivity index (χ0v) is 21.7. The fourth-order valence-corrected chi connectivity index (χ4v) is 4.98. The first-order valence-electron chi connectivity index (χ1n) is 11.6. The Morgan fingerprint density at radius 2 is 1.43 bits per heavy atom. The van der Waals surface area contributed by atoms with Gasteiger partial charge in [-0.2, -0.15) is 0 Å². The number of hydrogen-bond acceptors (Lipinski definition) is 5. The Bertz CT molecular complexity index is 1420. The molecule has 10 heteroatoms. The molecule has 1 fully saturated rings. The molecule has 2 aliphatic heterocycles. The number of halogens is 3. The third-order valence-electron chi connectivity index (χ3n) is 6.19. The van der Waals surface area contributed by atoms with E-state index in [0.29, 0.717) is 22.0 Å². The van der Waals surface area contributed by atoms with Crippen LogP contribution >= 0.6 is 34.8 Å². The molecule has 1 saturated heterocycles. The van der Waals surface area contributed by atoms with E-state index in [4.69, 9.17) is 34.8 Å². The van der Waals surface area contributed by atoms with Gasteiger partial charge in [0.2, 0.25) is 0 Å². The minimum atomic E-state index is -0.704. The van der Waals surface area contributed by atoms with Crippen LogP contribution in [-0.2, 0) is 9.59 Å². The average Bonchev–Trinajstić information content (AvgIpc) is 3.50. The summed E-state index contributed by atoms with van der Waals surface area (Å²) in [7, 11) is 0. The first-order valence-corrected chi connectivity index (χ1v) is 12.7. The van der Waals surface area contributed by atoms with Gasteiger partial charge in [-0.05, 0) is 79.6 Å². The average molecular weight is 556 g/mol. The van der Waals surface area contributed by atoms with Crippen molar-refractivity contribution in [2.24, 2.45) is 0 Å². The van der Waals surface area contributed by atoms with E-state index in [-0.39, 0.29) is 27.3 Å². The molecule has 0 atom stereocenters. The van der Waals surface area contributed by atoms with Crippen molar-refractivity contribution >= 4 is 75.3 Å². The Kier molecular flexibility index (Phi) is 7.11. The van der Waals surface area contributed by atoms with Gasteiger partial charge in [-0.25, -0.2) is 4.90 Å². The maximum atomic E-state index is 13.0. The van der Waals surface area contributed by atoms with Crippen LogP contribution in [0.4, 0.5) is 22.7 Å². The lowest BCUT2D eigenvalue weighted by Gasteiger charge is -2.17. The largest absolute Gasteiger partial charge is 0.372 e. The normalized spacial score (nSPS) is 15.5. The number of hydrogen-bond donors (Lipinski definition) is 2. The molecule has 2 aliphatic rings. The molecule has 5 rings (SSSR count). The molecule has 2 heterocycles. The first-order chi connectivity index (χ1) is 17.8. The van der Waals surface area contributed by atoms with E-state index in [9.17, 15) is 14.4 Å². The van der Waals surface area contributed by atoms with Gasteiger partial charge in [0.1, 0.15) is 10.7 Å². The summed E-state index contributed by atoms with van der Waals surface area (Å²) < 4.78 is 0. The highest BCUT2D eigenvalue weighted by atomic mass is 35.5. The van der Waals surface area contributed by atoms with Crippen LogP contribution in [-0.4, -0.2) is 30.8 Å². The van der Waals surface area contributed by atoms with E-state index < -0.39 is 11.8 Å². The smallest absolute Gasteiger partial charge is 0.283 e. The summed E-state index contributed by atoms with van der Waals surface area (Å²) in [6.45, 7) is 2.11. The van der Waals surface area contributed by atoms with Crippen molar-refractivity contribution in [2.45, 2.75) is 12.8 Å². The lowest BCUT2D eigenvalue weighted by molar-refractivity contribution is -0.120. The SMILES string of the molecule is O=C(Nc1ccc(N2CCCC2)cc1)c1ccc(NC2=C(Cl)C(=O)N(c3ccc(Cl)cc3Cl)C2=O)cc1. The number of amides is 3. The molecule has 0 aliphatic carbocycles. The molecule has 0 spiro atoms. The van der Waals surface area contributed by atoms with Crippen molar-refractivity contribution in [3.8, 4) is 0 Å². The highest BCUT2D eigenvalue weighted by Crippen LogP contribution is 2.35. The fraction of sp³-hybridized carbons (Fsp3) is 0.148. The predicted octanol–water partition coefficient (Wildman–Crippen LogP) is 6.28. The Morgan fingerprint density at radius 3 is 2.08 bits per heavy atom. The molecule has 0 aromatic heterocycles. The number of nitrogens with zero attached hydrogens (tertiary/aromatic N) is 2. The molecule has 3 aromatic rings. The molecule has 7 nitrogen and oxygen atoms in total. The predicted molar refractivity (Wildman–Crippen MR) is 148 cm³/mol. The number of nitrogens with one attached hydrogen (secondary N) is 2. The summed E-state index contributed by atoms with van der Waals surface area (Å²) in [6, 6.07) is 18.7. The summed E-state index contributed by atoms with van der Waals surface area (Å²) in [4.78, 5) is 41.6. The third-order valence-corrected chi connectivity index (χ3v) is 7.08. The molecular formula is C27H21Cl3N4O3. The van der Waals surface area contributed by atoms with Gasteiger partial charge in [0, 0.05) is 40.7 Å². The van der Waals surface area contributed by atoms with Crippen LogP contribution in [0, 0.1) is 0 Å². The van der Waals surface area contributed by atoms with Gasteiger partial charge in [0.15, 0.2) is 0 Å². The quantitative estimate of drug-likeness (QED) is 0.350. The second kappa shape index (κ2) is 10.5. The van der Waals surface area contributed by atoms with Crippen molar-refractivity contribution in [3.63, 3.8) is 0 Å². The van der Waals surface area contributed by atoms with Gasteiger partial charge in [0.05, 0.1) is 10.7 Å². The number of rotatable bonds is 6. The van der Waals surface area contributed by atoms with E-state index in [0.717, 1.165) is 23.7 Å². The highest BCUT2D eigenvalue weighted by molar-refractivity contribution is 6.54. The van der Waals surface area contributed by atoms with Crippen LogP contribution in [0.5, 0.6) is 0 Å². The summed E-state index contributed by atoms with van der Waals surface area (Å²) in [5.74, 6) is -1.63. The number of anilines is 4. The monoisotopic (exact) mass is 554 g/mol. The van der Waals surface area contributed by atoms with E-state index in [1.807, 2.05) is 24.3 Å². The van der Waals surface area contributed by atoms with Crippen LogP contribution in [0.15, 0.2) is 77.5 Å². The van der Waals surface area contributed by atoms with Crippen LogP contribution in [0.1, 0.15) is 23.2 Å². The van der Waals surface area contributed by atoms with E-state index >= 15 is 0 Å². The van der Waals surface area contributed by atoms with Crippen LogP contribution in [0.2, 0.25) is 10.0 Å². The molecule has 0 unspecified atom stereocenters. The molecule has 0 bridgehead atoms. The lowest BCUT2D eigenvalue weighted by atomic mass is 10.1. The van der Waals surface area contributed by atoms with Crippen LogP contribution in [0.25, 0.3) is 0 Å². The standard InChI is InChI=1S/C27H21Cl3N4O3/c28-17-5-12-22(21(29)15-17)34-26(36)23(30)24(27(34)37)31-18-6-3-16(4-7-18)25(35)32-19-8-10-20(11-9-19)33-13-1-2-14-33/h3-12,15,31H,1-2,13-14H2,(H,32,35). The zero-order chi connectivity index (χ0) is 26.1. The molecule has 2 N–H and O–H groups in total. The molecular weight excluding hydrogens is 535 g/mol. The first kappa shape index (κ1) is 25.1. The molecule has 37 heavy (non-hydrogen) atoms. The van der Waals surface area contributed by atoms with Crippen molar-refractivity contribution in [1.82, 2.24) is 0 Å². The second-order valence-electron chi connectivity index (χ2n) is 8.63. The summed E-state index contributed by atoms with van der Waals surface area (Å²) in [5.41, 5.74) is 2.84. The van der Waals surface area contributed by atoms with Gasteiger partial charge in [-0.3, -0.25) is 14.4 Å². The Labute approximate surface area is 228 Å². The van der Waals surface area contributed by atoms with Gasteiger partial charge in [-0.15, -0.1) is 0 Å². The minimum absolute atomic E-state index is 0.0898. The molecule has 188 valence electrons. The van der Waals surface area contributed by atoms with Crippen LogP contribution < -0.4 is 20.4 Å². The number of imide groups is 1. The summed E-state index contributed by atoms with van der Waals surface area (Å²) in [6.07, 6.45) is 2.40.